The van der Waals surface area contributed by atoms with Gasteiger partial charge in [-0.05, 0) is 61.2 Å². The summed E-state index contributed by atoms with van der Waals surface area (Å²) in [6.07, 6.45) is 0.714. The minimum atomic E-state index is -3.80. The summed E-state index contributed by atoms with van der Waals surface area (Å²) >= 11 is 0. The van der Waals surface area contributed by atoms with Gasteiger partial charge < -0.3 is 5.32 Å². The zero-order valence-corrected chi connectivity index (χ0v) is 18.2. The molecule has 3 aromatic rings. The average Bonchev–Trinajstić information content (AvgIpc) is 2.74. The number of hydrogen-bond donors (Lipinski definition) is 2. The topological polar surface area (TPSA) is 75.3 Å². The number of aryl methyl sites for hydroxylation is 2. The van der Waals surface area contributed by atoms with Crippen LogP contribution in [0.4, 0.5) is 5.69 Å². The molecular formula is C24H26N2O3S. The molecule has 0 aromatic heterocycles. The maximum atomic E-state index is 13.0. The summed E-state index contributed by atoms with van der Waals surface area (Å²) in [5.74, 6) is -0.327. The van der Waals surface area contributed by atoms with E-state index in [1.165, 1.54) is 17.7 Å². The Morgan fingerprint density at radius 1 is 0.900 bits per heavy atom. The van der Waals surface area contributed by atoms with Gasteiger partial charge in [-0.2, -0.15) is 0 Å². The first-order valence-electron chi connectivity index (χ1n) is 9.86. The summed E-state index contributed by atoms with van der Waals surface area (Å²) in [6, 6.07) is 20.7. The predicted molar refractivity (Wildman–Crippen MR) is 120 cm³/mol. The van der Waals surface area contributed by atoms with Crippen molar-refractivity contribution in [2.45, 2.75) is 38.1 Å². The van der Waals surface area contributed by atoms with Crippen molar-refractivity contribution >= 4 is 21.6 Å². The SMILES string of the molecule is CCC(NC(=O)c1ccccc1NS(=O)(=O)c1ccccc1)c1ccc(C)c(C)c1. The molecule has 6 heteroatoms. The van der Waals surface area contributed by atoms with Crippen LogP contribution in [0, 0.1) is 13.8 Å². The Kier molecular flexibility index (Phi) is 6.57. The Morgan fingerprint density at radius 3 is 2.23 bits per heavy atom. The molecule has 156 valence electrons. The number of rotatable bonds is 7. The lowest BCUT2D eigenvalue weighted by atomic mass is 9.99. The van der Waals surface area contributed by atoms with Gasteiger partial charge in [0.2, 0.25) is 0 Å². The van der Waals surface area contributed by atoms with E-state index in [-0.39, 0.29) is 28.1 Å². The standard InChI is InChI=1S/C24H26N2O3S/c1-4-22(19-15-14-17(2)18(3)16-19)25-24(27)21-12-8-9-13-23(21)26-30(28,29)20-10-6-5-7-11-20/h5-16,22,26H,4H2,1-3H3,(H,25,27). The van der Waals surface area contributed by atoms with E-state index >= 15 is 0 Å². The van der Waals surface area contributed by atoms with Crippen molar-refractivity contribution in [3.63, 3.8) is 0 Å². The normalized spacial score (nSPS) is 12.2. The van der Waals surface area contributed by atoms with Crippen LogP contribution in [-0.2, 0) is 10.0 Å². The van der Waals surface area contributed by atoms with Gasteiger partial charge in [0.05, 0.1) is 22.2 Å². The molecule has 0 radical (unpaired) electrons. The predicted octanol–water partition coefficient (Wildman–Crippen LogP) is 4.99. The lowest BCUT2D eigenvalue weighted by molar-refractivity contribution is 0.0936. The van der Waals surface area contributed by atoms with Crippen LogP contribution in [0.25, 0.3) is 0 Å². The van der Waals surface area contributed by atoms with Crippen LogP contribution in [0.2, 0.25) is 0 Å². The summed E-state index contributed by atoms with van der Waals surface area (Å²) in [5, 5.41) is 3.04. The molecule has 1 atom stereocenters. The highest BCUT2D eigenvalue weighted by Crippen LogP contribution is 2.23. The first-order chi connectivity index (χ1) is 14.3. The van der Waals surface area contributed by atoms with Gasteiger partial charge in [0.1, 0.15) is 0 Å². The summed E-state index contributed by atoms with van der Waals surface area (Å²) in [7, 11) is -3.80. The zero-order chi connectivity index (χ0) is 21.7. The molecular weight excluding hydrogens is 396 g/mol. The number of anilines is 1. The van der Waals surface area contributed by atoms with Crippen LogP contribution < -0.4 is 10.0 Å². The number of nitrogens with one attached hydrogen (secondary N) is 2. The van der Waals surface area contributed by atoms with Crippen LogP contribution in [-0.4, -0.2) is 14.3 Å². The fraction of sp³-hybridized carbons (Fsp3) is 0.208. The Hall–Kier alpha value is -3.12. The monoisotopic (exact) mass is 422 g/mol. The second-order valence-corrected chi connectivity index (χ2v) is 8.92. The fourth-order valence-corrected chi connectivity index (χ4v) is 4.31. The largest absolute Gasteiger partial charge is 0.345 e. The number of carbonyl (C=O) groups is 1. The van der Waals surface area contributed by atoms with Crippen molar-refractivity contribution in [2.24, 2.45) is 0 Å². The molecule has 0 spiro atoms. The molecule has 3 rings (SSSR count). The van der Waals surface area contributed by atoms with Gasteiger partial charge in [0.25, 0.3) is 15.9 Å². The van der Waals surface area contributed by atoms with Crippen molar-refractivity contribution in [1.82, 2.24) is 5.32 Å². The van der Waals surface area contributed by atoms with Crippen LogP contribution in [0.1, 0.15) is 46.4 Å². The van der Waals surface area contributed by atoms with E-state index in [2.05, 4.69) is 16.1 Å². The number of benzene rings is 3. The first kappa shape index (κ1) is 21.6. The first-order valence-corrected chi connectivity index (χ1v) is 11.3. The molecule has 1 amide bonds. The molecule has 0 fully saturated rings. The van der Waals surface area contributed by atoms with Crippen molar-refractivity contribution in [3.8, 4) is 0 Å². The van der Waals surface area contributed by atoms with Crippen LogP contribution in [0.5, 0.6) is 0 Å². The van der Waals surface area contributed by atoms with E-state index in [0.717, 1.165) is 11.1 Å². The maximum absolute atomic E-state index is 13.0. The minimum Gasteiger partial charge on any atom is -0.345 e. The van der Waals surface area contributed by atoms with Gasteiger partial charge in [-0.15, -0.1) is 0 Å². The van der Waals surface area contributed by atoms with Crippen LogP contribution in [0.15, 0.2) is 77.7 Å². The van der Waals surface area contributed by atoms with Gasteiger partial charge in [0.15, 0.2) is 0 Å². The van der Waals surface area contributed by atoms with Crippen molar-refractivity contribution in [1.29, 1.82) is 0 Å². The van der Waals surface area contributed by atoms with Gasteiger partial charge in [-0.1, -0.05) is 55.5 Å². The average molecular weight is 423 g/mol. The second kappa shape index (κ2) is 9.13. The van der Waals surface area contributed by atoms with Crippen LogP contribution in [0.3, 0.4) is 0 Å². The third kappa shape index (κ3) is 4.89. The van der Waals surface area contributed by atoms with E-state index < -0.39 is 10.0 Å². The summed E-state index contributed by atoms with van der Waals surface area (Å²) in [4.78, 5) is 13.2. The molecule has 5 nitrogen and oxygen atoms in total. The quantitative estimate of drug-likeness (QED) is 0.563. The molecule has 2 N–H and O–H groups in total. The van der Waals surface area contributed by atoms with E-state index in [1.807, 2.05) is 32.9 Å². The molecule has 1 unspecified atom stereocenters. The molecule has 3 aromatic carbocycles. The molecule has 0 saturated carbocycles. The number of hydrogen-bond acceptors (Lipinski definition) is 3. The number of carbonyl (C=O) groups excluding carboxylic acids is 1. The van der Waals surface area contributed by atoms with E-state index in [1.54, 1.807) is 42.5 Å². The third-order valence-corrected chi connectivity index (χ3v) is 6.50. The molecule has 0 bridgehead atoms. The summed E-state index contributed by atoms with van der Waals surface area (Å²) in [5.41, 5.74) is 3.90. The van der Waals surface area contributed by atoms with Gasteiger partial charge in [-0.3, -0.25) is 9.52 Å². The van der Waals surface area contributed by atoms with E-state index in [4.69, 9.17) is 0 Å². The minimum absolute atomic E-state index is 0.141. The highest BCUT2D eigenvalue weighted by atomic mass is 32.2. The maximum Gasteiger partial charge on any atom is 0.261 e. The smallest absolute Gasteiger partial charge is 0.261 e. The summed E-state index contributed by atoms with van der Waals surface area (Å²) < 4.78 is 27.9. The van der Waals surface area contributed by atoms with Gasteiger partial charge >= 0.3 is 0 Å². The molecule has 0 aliphatic rings. The van der Waals surface area contributed by atoms with Gasteiger partial charge in [-0.25, -0.2) is 8.42 Å². The van der Waals surface area contributed by atoms with Crippen molar-refractivity contribution in [3.05, 3.63) is 95.1 Å². The van der Waals surface area contributed by atoms with E-state index in [0.29, 0.717) is 6.42 Å². The molecule has 0 aliphatic carbocycles. The van der Waals surface area contributed by atoms with Crippen molar-refractivity contribution in [2.75, 3.05) is 4.72 Å². The van der Waals surface area contributed by atoms with Crippen molar-refractivity contribution < 1.29 is 13.2 Å². The molecule has 0 aliphatic heterocycles. The Balaban J connectivity index is 1.85. The Morgan fingerprint density at radius 2 is 1.57 bits per heavy atom. The fourth-order valence-electron chi connectivity index (χ4n) is 3.21. The number of para-hydroxylation sites is 1. The van der Waals surface area contributed by atoms with E-state index in [9.17, 15) is 13.2 Å². The Labute approximate surface area is 178 Å². The molecule has 30 heavy (non-hydrogen) atoms. The zero-order valence-electron chi connectivity index (χ0n) is 17.3. The van der Waals surface area contributed by atoms with Crippen LogP contribution >= 0.6 is 0 Å². The number of sulfonamides is 1. The summed E-state index contributed by atoms with van der Waals surface area (Å²) in [6.45, 7) is 6.10. The highest BCUT2D eigenvalue weighted by molar-refractivity contribution is 7.92. The van der Waals surface area contributed by atoms with Gasteiger partial charge in [0, 0.05) is 0 Å². The lowest BCUT2D eigenvalue weighted by Gasteiger charge is -2.20. The molecule has 0 saturated heterocycles. The highest BCUT2D eigenvalue weighted by Gasteiger charge is 2.20. The second-order valence-electron chi connectivity index (χ2n) is 7.24. The Bertz CT molecular complexity index is 1140. The third-order valence-electron chi connectivity index (χ3n) is 5.12. The molecule has 0 heterocycles. The lowest BCUT2D eigenvalue weighted by Crippen LogP contribution is -2.29. The number of amides is 1.